The van der Waals surface area contributed by atoms with E-state index in [0.29, 0.717) is 34.3 Å². The first-order valence-corrected chi connectivity index (χ1v) is 10.5. The Morgan fingerprint density at radius 3 is 2.68 bits per heavy atom. The van der Waals surface area contributed by atoms with Crippen molar-refractivity contribution >= 4 is 28.6 Å². The van der Waals surface area contributed by atoms with Crippen LogP contribution in [0.15, 0.2) is 24.5 Å². The van der Waals surface area contributed by atoms with Crippen LogP contribution in [0.1, 0.15) is 51.1 Å². The maximum Gasteiger partial charge on any atom is 0.227 e. The Morgan fingerprint density at radius 2 is 2.00 bits per heavy atom. The third-order valence-corrected chi connectivity index (χ3v) is 5.61. The van der Waals surface area contributed by atoms with E-state index in [2.05, 4.69) is 40.5 Å². The van der Waals surface area contributed by atoms with Crippen LogP contribution in [0.2, 0.25) is 0 Å². The van der Waals surface area contributed by atoms with Gasteiger partial charge in [0, 0.05) is 12.1 Å². The van der Waals surface area contributed by atoms with Crippen molar-refractivity contribution in [2.45, 2.75) is 57.7 Å². The van der Waals surface area contributed by atoms with Crippen LogP contribution in [0.25, 0.3) is 11.2 Å². The van der Waals surface area contributed by atoms with Gasteiger partial charge in [0.25, 0.3) is 0 Å². The highest BCUT2D eigenvalue weighted by Crippen LogP contribution is 2.30. The molecule has 1 fully saturated rings. The summed E-state index contributed by atoms with van der Waals surface area (Å²) in [6, 6.07) is 7.85. The highest BCUT2D eigenvalue weighted by Gasteiger charge is 2.22. The number of hydrogen-bond acceptors (Lipinski definition) is 8. The number of nitrogens with zero attached hydrogens (tertiary/aromatic N) is 5. The van der Waals surface area contributed by atoms with Crippen LogP contribution < -0.4 is 15.4 Å². The van der Waals surface area contributed by atoms with Crippen LogP contribution in [-0.4, -0.2) is 43.9 Å². The smallest absolute Gasteiger partial charge is 0.227 e. The van der Waals surface area contributed by atoms with Crippen molar-refractivity contribution in [2.75, 3.05) is 17.7 Å². The number of ether oxygens (including phenoxy) is 1. The van der Waals surface area contributed by atoms with Crippen LogP contribution in [-0.2, 0) is 0 Å². The van der Waals surface area contributed by atoms with Gasteiger partial charge in [0.05, 0.1) is 30.8 Å². The summed E-state index contributed by atoms with van der Waals surface area (Å²) in [6.45, 7) is 4.15. The number of aliphatic hydroxyl groups excluding tert-OH is 1. The van der Waals surface area contributed by atoms with Gasteiger partial charge in [-0.25, -0.2) is 4.98 Å². The Kier molecular flexibility index (Phi) is 5.91. The number of methoxy groups -OCH3 is 1. The van der Waals surface area contributed by atoms with Crippen LogP contribution in [0.5, 0.6) is 5.75 Å². The normalized spacial score (nSPS) is 18.7. The fourth-order valence-electron chi connectivity index (χ4n) is 3.83. The van der Waals surface area contributed by atoms with Gasteiger partial charge in [0.15, 0.2) is 17.0 Å². The highest BCUT2D eigenvalue weighted by atomic mass is 16.5. The SMILES string of the molecule is COc1ccc(Nc2nc(NC3CCC(O)CC3)nc3c2ncn3C(C)C)c(C#N)c1. The Morgan fingerprint density at radius 1 is 1.23 bits per heavy atom. The van der Waals surface area contributed by atoms with Gasteiger partial charge < -0.3 is 25.0 Å². The molecule has 2 aromatic heterocycles. The van der Waals surface area contributed by atoms with Gasteiger partial charge in [0.2, 0.25) is 5.95 Å². The number of aliphatic hydroxyl groups is 1. The lowest BCUT2D eigenvalue weighted by molar-refractivity contribution is 0.126. The molecule has 0 bridgehead atoms. The fourth-order valence-corrected chi connectivity index (χ4v) is 3.83. The van der Waals surface area contributed by atoms with E-state index in [1.165, 1.54) is 0 Å². The predicted molar refractivity (Wildman–Crippen MR) is 119 cm³/mol. The van der Waals surface area contributed by atoms with E-state index in [-0.39, 0.29) is 18.2 Å². The summed E-state index contributed by atoms with van der Waals surface area (Å²) in [5, 5.41) is 26.0. The third-order valence-electron chi connectivity index (χ3n) is 5.61. The number of fused-ring (bicyclic) bond motifs is 1. The fraction of sp³-hybridized carbons (Fsp3) is 0.455. The van der Waals surface area contributed by atoms with Crippen molar-refractivity contribution in [1.29, 1.82) is 5.26 Å². The van der Waals surface area contributed by atoms with Crippen molar-refractivity contribution in [2.24, 2.45) is 0 Å². The van der Waals surface area contributed by atoms with Gasteiger partial charge in [-0.3, -0.25) is 0 Å². The van der Waals surface area contributed by atoms with Crippen LogP contribution >= 0.6 is 0 Å². The number of benzene rings is 1. The lowest BCUT2D eigenvalue weighted by atomic mass is 9.93. The van der Waals surface area contributed by atoms with E-state index in [4.69, 9.17) is 9.72 Å². The molecular formula is C22H27N7O2. The summed E-state index contributed by atoms with van der Waals surface area (Å²) < 4.78 is 7.22. The van der Waals surface area contributed by atoms with Crippen molar-refractivity contribution in [1.82, 2.24) is 19.5 Å². The first-order valence-electron chi connectivity index (χ1n) is 10.5. The maximum absolute atomic E-state index is 9.78. The molecule has 0 radical (unpaired) electrons. The van der Waals surface area contributed by atoms with Gasteiger partial charge in [-0.15, -0.1) is 0 Å². The van der Waals surface area contributed by atoms with Crippen LogP contribution in [0.4, 0.5) is 17.5 Å². The Labute approximate surface area is 181 Å². The molecule has 31 heavy (non-hydrogen) atoms. The minimum absolute atomic E-state index is 0.182. The number of hydrogen-bond donors (Lipinski definition) is 3. The molecule has 4 rings (SSSR count). The van der Waals surface area contributed by atoms with E-state index in [1.54, 1.807) is 31.6 Å². The molecule has 9 heteroatoms. The standard InChI is InChI=1S/C22H27N7O2/c1-13(2)29-12-24-19-20(26-18-9-8-17(31-3)10-14(18)11-23)27-22(28-21(19)29)25-15-4-6-16(30)7-5-15/h8-10,12-13,15-16,30H,4-7H2,1-3H3,(H2,25,26,27,28). The molecule has 9 nitrogen and oxygen atoms in total. The number of nitriles is 1. The highest BCUT2D eigenvalue weighted by molar-refractivity contribution is 5.87. The molecule has 1 aromatic carbocycles. The second-order valence-electron chi connectivity index (χ2n) is 8.11. The first kappa shape index (κ1) is 20.9. The average Bonchev–Trinajstić information content (AvgIpc) is 3.20. The maximum atomic E-state index is 9.78. The average molecular weight is 422 g/mol. The largest absolute Gasteiger partial charge is 0.497 e. The van der Waals surface area contributed by atoms with E-state index in [1.807, 2.05) is 4.57 Å². The second-order valence-corrected chi connectivity index (χ2v) is 8.11. The lowest BCUT2D eigenvalue weighted by Crippen LogP contribution is -2.29. The second kappa shape index (κ2) is 8.78. The molecule has 162 valence electrons. The van der Waals surface area contributed by atoms with Crippen molar-refractivity contribution < 1.29 is 9.84 Å². The molecule has 3 N–H and O–H groups in total. The number of imidazole rings is 1. The van der Waals surface area contributed by atoms with E-state index in [9.17, 15) is 10.4 Å². The molecular weight excluding hydrogens is 394 g/mol. The third kappa shape index (κ3) is 4.39. The zero-order chi connectivity index (χ0) is 22.0. The van der Waals surface area contributed by atoms with E-state index >= 15 is 0 Å². The Bertz CT molecular complexity index is 1110. The zero-order valence-corrected chi connectivity index (χ0v) is 18.0. The summed E-state index contributed by atoms with van der Waals surface area (Å²) >= 11 is 0. The summed E-state index contributed by atoms with van der Waals surface area (Å²) in [7, 11) is 1.57. The topological polar surface area (TPSA) is 121 Å². The summed E-state index contributed by atoms with van der Waals surface area (Å²) in [5.74, 6) is 1.65. The number of nitrogens with one attached hydrogen (secondary N) is 2. The van der Waals surface area contributed by atoms with Crippen molar-refractivity contribution in [3.63, 3.8) is 0 Å². The van der Waals surface area contributed by atoms with Crippen LogP contribution in [0, 0.1) is 11.3 Å². The molecule has 1 aliphatic carbocycles. The van der Waals surface area contributed by atoms with Gasteiger partial charge in [-0.1, -0.05) is 0 Å². The van der Waals surface area contributed by atoms with E-state index in [0.717, 1.165) is 31.3 Å². The number of rotatable bonds is 6. The molecule has 3 aromatic rings. The molecule has 1 aliphatic rings. The molecule has 0 aliphatic heterocycles. The molecule has 0 unspecified atom stereocenters. The summed E-state index contributed by atoms with van der Waals surface area (Å²) in [4.78, 5) is 14.0. The number of anilines is 3. The summed E-state index contributed by atoms with van der Waals surface area (Å²) in [6.07, 6.45) is 4.81. The lowest BCUT2D eigenvalue weighted by Gasteiger charge is -2.26. The molecule has 0 amide bonds. The molecule has 0 atom stereocenters. The molecule has 1 saturated carbocycles. The van der Waals surface area contributed by atoms with Crippen LogP contribution in [0.3, 0.4) is 0 Å². The van der Waals surface area contributed by atoms with E-state index < -0.39 is 0 Å². The van der Waals surface area contributed by atoms with Crippen molar-refractivity contribution in [3.05, 3.63) is 30.1 Å². The van der Waals surface area contributed by atoms with Gasteiger partial charge in [0.1, 0.15) is 11.8 Å². The molecule has 0 spiro atoms. The van der Waals surface area contributed by atoms with Gasteiger partial charge in [-0.05, 0) is 57.7 Å². The summed E-state index contributed by atoms with van der Waals surface area (Å²) in [5.41, 5.74) is 2.43. The minimum Gasteiger partial charge on any atom is -0.497 e. The zero-order valence-electron chi connectivity index (χ0n) is 18.0. The minimum atomic E-state index is -0.222. The van der Waals surface area contributed by atoms with Gasteiger partial charge in [-0.2, -0.15) is 15.2 Å². The Balaban J connectivity index is 1.72. The van der Waals surface area contributed by atoms with Crippen molar-refractivity contribution in [3.8, 4) is 11.8 Å². The first-order chi connectivity index (χ1) is 15.0. The predicted octanol–water partition coefficient (Wildman–Crippen LogP) is 3.75. The Hall–Kier alpha value is -3.38. The molecule has 2 heterocycles. The molecule has 0 saturated heterocycles. The van der Waals surface area contributed by atoms with Gasteiger partial charge >= 0.3 is 0 Å². The number of aromatic nitrogens is 4. The monoisotopic (exact) mass is 421 g/mol. The quantitative estimate of drug-likeness (QED) is 0.550.